The van der Waals surface area contributed by atoms with Crippen molar-refractivity contribution in [3.05, 3.63) is 28.2 Å². The smallest absolute Gasteiger partial charge is 0.120 e. The monoisotopic (exact) mass is 343 g/mol. The van der Waals surface area contributed by atoms with Crippen molar-refractivity contribution < 1.29 is 9.47 Å². The van der Waals surface area contributed by atoms with Gasteiger partial charge < -0.3 is 14.8 Å². The van der Waals surface area contributed by atoms with Crippen molar-refractivity contribution >= 4 is 15.9 Å². The molecule has 20 heavy (non-hydrogen) atoms. The predicted molar refractivity (Wildman–Crippen MR) is 87.6 cm³/mol. The maximum absolute atomic E-state index is 5.48. The first-order valence-electron chi connectivity index (χ1n) is 7.38. The maximum atomic E-state index is 5.48. The molecule has 114 valence electrons. The van der Waals surface area contributed by atoms with Crippen LogP contribution in [-0.4, -0.2) is 33.4 Å². The lowest BCUT2D eigenvalue weighted by Crippen LogP contribution is -2.20. The summed E-state index contributed by atoms with van der Waals surface area (Å²) in [5.74, 6) is 0.936. The quantitative estimate of drug-likeness (QED) is 0.620. The van der Waals surface area contributed by atoms with Gasteiger partial charge in [0.05, 0.1) is 13.2 Å². The number of methoxy groups -OCH3 is 1. The van der Waals surface area contributed by atoms with Crippen molar-refractivity contribution in [2.45, 2.75) is 32.6 Å². The Morgan fingerprint density at radius 2 is 2.00 bits per heavy atom. The predicted octanol–water partition coefficient (Wildman–Crippen LogP) is 3.80. The molecule has 0 atom stereocenters. The minimum absolute atomic E-state index is 0.710. The van der Waals surface area contributed by atoms with Crippen molar-refractivity contribution in [1.82, 2.24) is 5.32 Å². The molecule has 1 N–H and O–H groups in total. The molecule has 0 heterocycles. The van der Waals surface area contributed by atoms with Crippen molar-refractivity contribution in [2.75, 3.05) is 33.4 Å². The summed E-state index contributed by atoms with van der Waals surface area (Å²) >= 11 is 3.62. The first-order valence-corrected chi connectivity index (χ1v) is 8.18. The fraction of sp³-hybridized carbons (Fsp3) is 0.625. The Balaban J connectivity index is 2.15. The van der Waals surface area contributed by atoms with Crippen LogP contribution in [0.5, 0.6) is 5.75 Å². The van der Waals surface area contributed by atoms with Crippen LogP contribution in [-0.2, 0) is 11.2 Å². The van der Waals surface area contributed by atoms with Gasteiger partial charge in [-0.1, -0.05) is 28.4 Å². The minimum Gasteiger partial charge on any atom is -0.494 e. The van der Waals surface area contributed by atoms with Gasteiger partial charge in [-0.25, -0.2) is 0 Å². The topological polar surface area (TPSA) is 30.5 Å². The Kier molecular flexibility index (Phi) is 9.71. The molecular formula is C16H26BrNO2. The lowest BCUT2D eigenvalue weighted by atomic mass is 10.1. The highest BCUT2D eigenvalue weighted by molar-refractivity contribution is 9.10. The van der Waals surface area contributed by atoms with Crippen molar-refractivity contribution in [3.8, 4) is 5.75 Å². The van der Waals surface area contributed by atoms with Gasteiger partial charge >= 0.3 is 0 Å². The molecule has 0 saturated carbocycles. The number of halogens is 1. The fourth-order valence-electron chi connectivity index (χ4n) is 2.03. The van der Waals surface area contributed by atoms with Gasteiger partial charge in [-0.05, 0) is 50.4 Å². The summed E-state index contributed by atoms with van der Waals surface area (Å²) in [6.07, 6.45) is 4.81. The Labute approximate surface area is 131 Å². The first kappa shape index (κ1) is 17.5. The molecule has 0 aliphatic carbocycles. The number of hydrogen-bond acceptors (Lipinski definition) is 3. The highest BCUT2D eigenvalue weighted by Crippen LogP contribution is 2.24. The molecule has 4 heteroatoms. The highest BCUT2D eigenvalue weighted by atomic mass is 79.9. The molecule has 0 aliphatic heterocycles. The number of benzene rings is 1. The number of rotatable bonds is 11. The zero-order valence-electron chi connectivity index (χ0n) is 12.6. The Hall–Kier alpha value is -0.580. The van der Waals surface area contributed by atoms with Crippen LogP contribution in [0.25, 0.3) is 0 Å². The van der Waals surface area contributed by atoms with Crippen molar-refractivity contribution in [2.24, 2.45) is 0 Å². The summed E-state index contributed by atoms with van der Waals surface area (Å²) in [6, 6.07) is 6.27. The normalized spacial score (nSPS) is 10.8. The van der Waals surface area contributed by atoms with Gasteiger partial charge in [0.1, 0.15) is 5.75 Å². The Morgan fingerprint density at radius 1 is 1.15 bits per heavy atom. The van der Waals surface area contributed by atoms with Gasteiger partial charge in [0, 0.05) is 18.1 Å². The fourth-order valence-corrected chi connectivity index (χ4v) is 2.58. The van der Waals surface area contributed by atoms with Crippen molar-refractivity contribution in [3.63, 3.8) is 0 Å². The van der Waals surface area contributed by atoms with E-state index in [-0.39, 0.29) is 0 Å². The summed E-state index contributed by atoms with van der Waals surface area (Å²) < 4.78 is 11.6. The average molecular weight is 344 g/mol. The first-order chi connectivity index (χ1) is 9.77. The molecular weight excluding hydrogens is 318 g/mol. The number of unbranched alkanes of at least 4 members (excludes halogenated alkanes) is 2. The molecule has 0 spiro atoms. The van der Waals surface area contributed by atoms with Crippen LogP contribution in [0.1, 0.15) is 31.7 Å². The second kappa shape index (κ2) is 11.1. The summed E-state index contributed by atoms with van der Waals surface area (Å²) in [4.78, 5) is 0. The number of hydrogen-bond donors (Lipinski definition) is 1. The molecule has 0 fully saturated rings. The molecule has 1 rings (SSSR count). The third-order valence-corrected chi connectivity index (χ3v) is 3.86. The molecule has 0 aliphatic rings. The molecule has 0 aromatic heterocycles. The van der Waals surface area contributed by atoms with E-state index in [0.717, 1.165) is 36.3 Å². The van der Waals surface area contributed by atoms with Crippen LogP contribution in [0.15, 0.2) is 22.7 Å². The number of aryl methyl sites for hydroxylation is 1. The van der Waals surface area contributed by atoms with Gasteiger partial charge in [-0.15, -0.1) is 0 Å². The van der Waals surface area contributed by atoms with Crippen LogP contribution < -0.4 is 10.1 Å². The zero-order chi connectivity index (χ0) is 14.6. The molecule has 0 saturated heterocycles. The summed E-state index contributed by atoms with van der Waals surface area (Å²) in [5, 5.41) is 3.37. The second-order valence-corrected chi connectivity index (χ2v) is 5.59. The van der Waals surface area contributed by atoms with Crippen LogP contribution >= 0.6 is 15.9 Å². The van der Waals surface area contributed by atoms with E-state index in [2.05, 4.69) is 39.4 Å². The van der Waals surface area contributed by atoms with Crippen LogP contribution in [0, 0.1) is 0 Å². The van der Waals surface area contributed by atoms with Crippen LogP contribution in [0.3, 0.4) is 0 Å². The highest BCUT2D eigenvalue weighted by Gasteiger charge is 2.02. The van der Waals surface area contributed by atoms with Crippen LogP contribution in [0.2, 0.25) is 0 Å². The van der Waals surface area contributed by atoms with E-state index in [1.54, 1.807) is 7.11 Å². The van der Waals surface area contributed by atoms with Gasteiger partial charge in [0.2, 0.25) is 0 Å². The minimum atomic E-state index is 0.710. The average Bonchev–Trinajstić information content (AvgIpc) is 2.44. The molecule has 1 aromatic rings. The Bertz CT molecular complexity index is 371. The maximum Gasteiger partial charge on any atom is 0.120 e. The largest absolute Gasteiger partial charge is 0.494 e. The third kappa shape index (κ3) is 7.27. The molecule has 0 bridgehead atoms. The molecule has 0 amide bonds. The van der Waals surface area contributed by atoms with E-state index in [0.29, 0.717) is 6.61 Å². The summed E-state index contributed by atoms with van der Waals surface area (Å²) in [7, 11) is 1.73. The van der Waals surface area contributed by atoms with Gasteiger partial charge in [-0.2, -0.15) is 0 Å². The molecule has 1 aromatic carbocycles. The van der Waals surface area contributed by atoms with E-state index < -0.39 is 0 Å². The van der Waals surface area contributed by atoms with E-state index >= 15 is 0 Å². The van der Waals surface area contributed by atoms with E-state index in [4.69, 9.17) is 9.47 Å². The Morgan fingerprint density at radius 3 is 2.70 bits per heavy atom. The standard InChI is InChI=1S/C16H26BrNO2/c1-3-20-15-9-8-14(16(17)13-15)7-5-4-6-10-18-11-12-19-2/h8-9,13,18H,3-7,10-12H2,1-2H3. The number of ether oxygens (including phenoxy) is 2. The zero-order valence-corrected chi connectivity index (χ0v) is 14.2. The third-order valence-electron chi connectivity index (χ3n) is 3.12. The van der Waals surface area contributed by atoms with Gasteiger partial charge in [-0.3, -0.25) is 0 Å². The van der Waals surface area contributed by atoms with Crippen LogP contribution in [0.4, 0.5) is 0 Å². The second-order valence-electron chi connectivity index (χ2n) is 4.74. The van der Waals surface area contributed by atoms with Gasteiger partial charge in [0.25, 0.3) is 0 Å². The summed E-state index contributed by atoms with van der Waals surface area (Å²) in [6.45, 7) is 5.53. The lowest BCUT2D eigenvalue weighted by molar-refractivity contribution is 0.199. The number of nitrogens with one attached hydrogen (secondary N) is 1. The van der Waals surface area contributed by atoms with Crippen molar-refractivity contribution in [1.29, 1.82) is 0 Å². The van der Waals surface area contributed by atoms with E-state index in [1.165, 1.54) is 24.8 Å². The SMILES string of the molecule is CCOc1ccc(CCCCCNCCOC)c(Br)c1. The van der Waals surface area contributed by atoms with E-state index in [1.807, 2.05) is 6.92 Å². The van der Waals surface area contributed by atoms with E-state index in [9.17, 15) is 0 Å². The van der Waals surface area contributed by atoms with Gasteiger partial charge in [0.15, 0.2) is 0 Å². The molecule has 0 radical (unpaired) electrons. The molecule has 0 unspecified atom stereocenters. The lowest BCUT2D eigenvalue weighted by Gasteiger charge is -2.08. The summed E-state index contributed by atoms with van der Waals surface area (Å²) in [5.41, 5.74) is 1.36. The molecule has 3 nitrogen and oxygen atoms in total.